The predicted octanol–water partition coefficient (Wildman–Crippen LogP) is 4.27. The molecular formula is C24H30ClN3O3. The Morgan fingerprint density at radius 1 is 1.23 bits per heavy atom. The molecule has 31 heavy (non-hydrogen) atoms. The van der Waals surface area contributed by atoms with Gasteiger partial charge in [0.05, 0.1) is 18.2 Å². The molecule has 2 aromatic rings. The van der Waals surface area contributed by atoms with Crippen LogP contribution in [0.15, 0.2) is 36.5 Å². The lowest BCUT2D eigenvalue weighted by atomic mass is 9.82. The van der Waals surface area contributed by atoms with Crippen molar-refractivity contribution in [3.8, 4) is 11.6 Å². The Labute approximate surface area is 189 Å². The lowest BCUT2D eigenvalue weighted by Crippen LogP contribution is -2.42. The first-order valence-corrected chi connectivity index (χ1v) is 11.3. The van der Waals surface area contributed by atoms with Crippen molar-refractivity contribution in [1.29, 1.82) is 0 Å². The number of benzene rings is 1. The topological polar surface area (TPSA) is 54.9 Å². The van der Waals surface area contributed by atoms with Crippen LogP contribution in [0, 0.1) is 5.92 Å². The number of amides is 1. The number of carbonyl (C=O) groups excluding carboxylic acids is 1. The van der Waals surface area contributed by atoms with E-state index in [4.69, 9.17) is 21.1 Å². The van der Waals surface area contributed by atoms with Gasteiger partial charge in [-0.05, 0) is 68.5 Å². The molecule has 1 aliphatic heterocycles. The second kappa shape index (κ2) is 9.88. The van der Waals surface area contributed by atoms with Crippen LogP contribution in [0.4, 0.5) is 0 Å². The number of hydrogen-bond acceptors (Lipinski definition) is 5. The highest BCUT2D eigenvalue weighted by atomic mass is 35.5. The van der Waals surface area contributed by atoms with Crippen LogP contribution in [0.25, 0.3) is 0 Å². The molecule has 1 amide bonds. The van der Waals surface area contributed by atoms with Crippen LogP contribution in [-0.4, -0.2) is 60.6 Å². The van der Waals surface area contributed by atoms with Gasteiger partial charge in [0.15, 0.2) is 0 Å². The first-order valence-electron chi connectivity index (χ1n) is 11.0. The van der Waals surface area contributed by atoms with Crippen molar-refractivity contribution in [1.82, 2.24) is 14.8 Å². The normalized spacial score (nSPS) is 20.9. The third-order valence-corrected chi connectivity index (χ3v) is 6.62. The van der Waals surface area contributed by atoms with E-state index in [1.54, 1.807) is 23.2 Å². The average molecular weight is 444 g/mol. The minimum atomic E-state index is -0.0769. The average Bonchev–Trinajstić information content (AvgIpc) is 3.27. The molecule has 4 rings (SSSR count). The predicted molar refractivity (Wildman–Crippen MR) is 121 cm³/mol. The van der Waals surface area contributed by atoms with Gasteiger partial charge in [0, 0.05) is 26.3 Å². The minimum absolute atomic E-state index is 0.0769. The molecule has 0 unspecified atom stereocenters. The van der Waals surface area contributed by atoms with Crippen molar-refractivity contribution in [2.24, 2.45) is 5.92 Å². The van der Waals surface area contributed by atoms with Gasteiger partial charge in [0.1, 0.15) is 11.3 Å². The monoisotopic (exact) mass is 443 g/mol. The van der Waals surface area contributed by atoms with Crippen LogP contribution < -0.4 is 9.47 Å². The van der Waals surface area contributed by atoms with Gasteiger partial charge in [-0.15, -0.1) is 0 Å². The number of pyridine rings is 1. The number of rotatable bonds is 8. The largest absolute Gasteiger partial charge is 0.489 e. The Kier molecular flexibility index (Phi) is 6.98. The van der Waals surface area contributed by atoms with E-state index in [0.29, 0.717) is 23.9 Å². The number of methoxy groups -OCH3 is 1. The van der Waals surface area contributed by atoms with Crippen LogP contribution in [-0.2, 0) is 6.54 Å². The van der Waals surface area contributed by atoms with E-state index in [9.17, 15) is 4.79 Å². The fourth-order valence-corrected chi connectivity index (χ4v) is 4.67. The van der Waals surface area contributed by atoms with Crippen molar-refractivity contribution in [2.45, 2.75) is 38.3 Å². The SMILES string of the molecule is COc1ncccc1C(=O)N(C)CC1CC(Oc2cccc(CN3CCCC3)c2Cl)C1. The van der Waals surface area contributed by atoms with E-state index in [1.165, 1.54) is 20.0 Å². The fraction of sp³-hybridized carbons (Fsp3) is 0.500. The number of aromatic nitrogens is 1. The summed E-state index contributed by atoms with van der Waals surface area (Å²) in [4.78, 5) is 21.0. The lowest BCUT2D eigenvalue weighted by molar-refractivity contribution is 0.0417. The summed E-state index contributed by atoms with van der Waals surface area (Å²) in [6.45, 7) is 3.85. The first-order chi connectivity index (χ1) is 15.0. The first kappa shape index (κ1) is 21.9. The van der Waals surface area contributed by atoms with E-state index in [2.05, 4.69) is 16.0 Å². The summed E-state index contributed by atoms with van der Waals surface area (Å²) in [5.74, 6) is 1.46. The Balaban J connectivity index is 1.28. The Morgan fingerprint density at radius 3 is 2.74 bits per heavy atom. The molecule has 2 heterocycles. The molecule has 1 saturated heterocycles. The van der Waals surface area contributed by atoms with Gasteiger partial charge in [0.25, 0.3) is 5.91 Å². The molecule has 2 fully saturated rings. The Bertz CT molecular complexity index is 911. The van der Waals surface area contributed by atoms with E-state index in [1.807, 2.05) is 19.2 Å². The zero-order chi connectivity index (χ0) is 21.8. The van der Waals surface area contributed by atoms with E-state index in [-0.39, 0.29) is 12.0 Å². The highest BCUT2D eigenvalue weighted by Gasteiger charge is 2.33. The van der Waals surface area contributed by atoms with Gasteiger partial charge in [-0.1, -0.05) is 23.7 Å². The van der Waals surface area contributed by atoms with E-state index in [0.717, 1.165) is 48.8 Å². The molecule has 6 nitrogen and oxygen atoms in total. The molecule has 1 aliphatic carbocycles. The molecule has 0 bridgehead atoms. The van der Waals surface area contributed by atoms with Gasteiger partial charge in [-0.2, -0.15) is 0 Å². The summed E-state index contributed by atoms with van der Waals surface area (Å²) in [6.07, 6.45) is 6.11. The molecular weight excluding hydrogens is 414 g/mol. The molecule has 2 aliphatic rings. The fourth-order valence-electron chi connectivity index (χ4n) is 4.44. The maximum atomic E-state index is 12.7. The molecule has 1 aromatic heterocycles. The summed E-state index contributed by atoms with van der Waals surface area (Å²) < 4.78 is 11.4. The van der Waals surface area contributed by atoms with Crippen LogP contribution in [0.1, 0.15) is 41.6 Å². The van der Waals surface area contributed by atoms with Crippen LogP contribution >= 0.6 is 11.6 Å². The van der Waals surface area contributed by atoms with Crippen molar-refractivity contribution in [3.05, 3.63) is 52.7 Å². The van der Waals surface area contributed by atoms with Crippen molar-refractivity contribution >= 4 is 17.5 Å². The van der Waals surface area contributed by atoms with Crippen molar-refractivity contribution in [2.75, 3.05) is 33.8 Å². The standard InChI is InChI=1S/C24H30ClN3O3/c1-27(24(29)20-8-6-10-26-23(20)30-2)15-17-13-19(14-17)31-21-9-5-7-18(22(21)25)16-28-11-3-4-12-28/h5-10,17,19H,3-4,11-16H2,1-2H3. The van der Waals surface area contributed by atoms with Gasteiger partial charge < -0.3 is 14.4 Å². The van der Waals surface area contributed by atoms with Gasteiger partial charge in [0.2, 0.25) is 5.88 Å². The van der Waals surface area contributed by atoms with E-state index < -0.39 is 0 Å². The summed E-state index contributed by atoms with van der Waals surface area (Å²) >= 11 is 6.65. The second-order valence-electron chi connectivity index (χ2n) is 8.54. The van der Waals surface area contributed by atoms with Gasteiger partial charge in [-0.3, -0.25) is 9.69 Å². The highest BCUT2D eigenvalue weighted by Crippen LogP contribution is 2.36. The van der Waals surface area contributed by atoms with Crippen molar-refractivity contribution in [3.63, 3.8) is 0 Å². The molecule has 0 radical (unpaired) electrons. The second-order valence-corrected chi connectivity index (χ2v) is 8.91. The number of ether oxygens (including phenoxy) is 2. The summed E-state index contributed by atoms with van der Waals surface area (Å²) in [7, 11) is 3.35. The molecule has 0 N–H and O–H groups in total. The maximum absolute atomic E-state index is 12.7. The minimum Gasteiger partial charge on any atom is -0.489 e. The van der Waals surface area contributed by atoms with E-state index >= 15 is 0 Å². The molecule has 7 heteroatoms. The van der Waals surface area contributed by atoms with Gasteiger partial charge in [-0.25, -0.2) is 4.98 Å². The highest BCUT2D eigenvalue weighted by molar-refractivity contribution is 6.32. The maximum Gasteiger partial charge on any atom is 0.259 e. The van der Waals surface area contributed by atoms with Crippen LogP contribution in [0.2, 0.25) is 5.02 Å². The zero-order valence-electron chi connectivity index (χ0n) is 18.2. The summed E-state index contributed by atoms with van der Waals surface area (Å²) in [6, 6.07) is 9.56. The Hall–Kier alpha value is -2.31. The van der Waals surface area contributed by atoms with Crippen molar-refractivity contribution < 1.29 is 14.3 Å². The molecule has 1 saturated carbocycles. The zero-order valence-corrected chi connectivity index (χ0v) is 19.0. The smallest absolute Gasteiger partial charge is 0.259 e. The molecule has 0 spiro atoms. The number of likely N-dealkylation sites (tertiary alicyclic amines) is 1. The number of nitrogens with zero attached hydrogens (tertiary/aromatic N) is 3. The number of halogens is 1. The lowest BCUT2D eigenvalue weighted by Gasteiger charge is -2.37. The molecule has 166 valence electrons. The quantitative estimate of drug-likeness (QED) is 0.609. The molecule has 1 aromatic carbocycles. The Morgan fingerprint density at radius 2 is 2.00 bits per heavy atom. The van der Waals surface area contributed by atoms with Gasteiger partial charge >= 0.3 is 0 Å². The summed E-state index contributed by atoms with van der Waals surface area (Å²) in [5, 5.41) is 0.730. The molecule has 0 atom stereocenters. The summed E-state index contributed by atoms with van der Waals surface area (Å²) in [5.41, 5.74) is 1.62. The van der Waals surface area contributed by atoms with Crippen LogP contribution in [0.5, 0.6) is 11.6 Å². The third kappa shape index (κ3) is 5.13. The number of hydrogen-bond donors (Lipinski definition) is 0. The number of carbonyl (C=O) groups is 1. The van der Waals surface area contributed by atoms with Crippen LogP contribution in [0.3, 0.4) is 0 Å². The third-order valence-electron chi connectivity index (χ3n) is 6.20.